The molecule has 0 radical (unpaired) electrons. The lowest BCUT2D eigenvalue weighted by molar-refractivity contribution is -0.0394. The molecule has 1 aliphatic heterocycles. The molecule has 1 fully saturated rings. The monoisotopic (exact) mass is 386 g/mol. The van der Waals surface area contributed by atoms with E-state index in [0.29, 0.717) is 3.57 Å². The van der Waals surface area contributed by atoms with Gasteiger partial charge in [0.2, 0.25) is 0 Å². The third-order valence-electron chi connectivity index (χ3n) is 3.42. The van der Waals surface area contributed by atoms with Crippen molar-refractivity contribution < 1.29 is 14.9 Å². The molecule has 0 bridgehead atoms. The molecule has 6 heteroatoms. The summed E-state index contributed by atoms with van der Waals surface area (Å²) in [6.07, 6.45) is 6.80. The minimum atomic E-state index is -0.0106. The molecular weight excluding hydrogens is 371 g/mol. The smallest absolute Gasteiger partial charge is 0.150 e. The molecule has 2 aromatic rings. The van der Waals surface area contributed by atoms with Gasteiger partial charge in [-0.1, -0.05) is 0 Å². The van der Waals surface area contributed by atoms with Crippen molar-refractivity contribution >= 4 is 22.6 Å². The van der Waals surface area contributed by atoms with E-state index in [4.69, 9.17) is 4.74 Å². The molecular formula is C14H15IN2O3. The van der Waals surface area contributed by atoms with Crippen LogP contribution in [0.25, 0.3) is 11.1 Å². The molecule has 5 nitrogen and oxygen atoms in total. The van der Waals surface area contributed by atoms with Crippen LogP contribution in [0, 0.1) is 3.57 Å². The molecule has 106 valence electrons. The second-order valence-electron chi connectivity index (χ2n) is 4.86. The van der Waals surface area contributed by atoms with Crippen molar-refractivity contribution in [2.24, 2.45) is 0 Å². The molecule has 1 aromatic carbocycles. The number of benzene rings is 1. The number of phenolic OH excluding ortho intramolecular Hbond substituents is 2. The normalized spacial score (nSPS) is 19.1. The van der Waals surface area contributed by atoms with Gasteiger partial charge in [-0.3, -0.25) is 0 Å². The van der Waals surface area contributed by atoms with Gasteiger partial charge in [-0.05, 0) is 59.5 Å². The third kappa shape index (κ3) is 2.62. The van der Waals surface area contributed by atoms with Gasteiger partial charge >= 0.3 is 0 Å². The van der Waals surface area contributed by atoms with Crippen LogP contribution in [-0.2, 0) is 4.74 Å². The van der Waals surface area contributed by atoms with Crippen LogP contribution >= 0.6 is 22.6 Å². The largest absolute Gasteiger partial charge is 0.507 e. The Morgan fingerprint density at radius 2 is 1.95 bits per heavy atom. The van der Waals surface area contributed by atoms with Crippen LogP contribution in [0.2, 0.25) is 0 Å². The molecule has 20 heavy (non-hydrogen) atoms. The van der Waals surface area contributed by atoms with Crippen LogP contribution in [0.1, 0.15) is 25.5 Å². The number of halogens is 1. The van der Waals surface area contributed by atoms with Gasteiger partial charge in [0, 0.05) is 18.4 Å². The summed E-state index contributed by atoms with van der Waals surface area (Å²) in [5, 5.41) is 23.9. The van der Waals surface area contributed by atoms with E-state index in [2.05, 4.69) is 5.10 Å². The Bertz CT molecular complexity index is 598. The Hall–Kier alpha value is -1.28. The first kappa shape index (κ1) is 13.7. The lowest BCUT2D eigenvalue weighted by Crippen LogP contribution is -2.18. The first-order valence-electron chi connectivity index (χ1n) is 6.53. The van der Waals surface area contributed by atoms with E-state index in [1.807, 2.05) is 28.8 Å². The van der Waals surface area contributed by atoms with E-state index >= 15 is 0 Å². The SMILES string of the molecule is Oc1cc(-c2cnn(C3CCCCO3)c2)cc(O)c1I. The summed E-state index contributed by atoms with van der Waals surface area (Å²) in [6.45, 7) is 0.769. The minimum absolute atomic E-state index is 0.0106. The number of rotatable bonds is 2. The summed E-state index contributed by atoms with van der Waals surface area (Å²) in [7, 11) is 0. The fraction of sp³-hybridized carbons (Fsp3) is 0.357. The number of ether oxygens (including phenoxy) is 1. The average Bonchev–Trinajstić information content (AvgIpc) is 2.95. The fourth-order valence-electron chi connectivity index (χ4n) is 2.34. The van der Waals surface area contributed by atoms with Gasteiger partial charge < -0.3 is 14.9 Å². The summed E-state index contributed by atoms with van der Waals surface area (Å²) in [6, 6.07) is 3.26. The maximum atomic E-state index is 9.78. The van der Waals surface area contributed by atoms with Crippen LogP contribution in [0.5, 0.6) is 11.5 Å². The van der Waals surface area contributed by atoms with E-state index < -0.39 is 0 Å². The van der Waals surface area contributed by atoms with Gasteiger partial charge in [0.05, 0.1) is 9.77 Å². The predicted molar refractivity (Wildman–Crippen MR) is 82.5 cm³/mol. The quantitative estimate of drug-likeness (QED) is 0.778. The highest BCUT2D eigenvalue weighted by Gasteiger charge is 2.17. The molecule has 1 unspecified atom stereocenters. The van der Waals surface area contributed by atoms with E-state index in [1.165, 1.54) is 0 Å². The molecule has 0 amide bonds. The molecule has 1 atom stereocenters. The highest BCUT2D eigenvalue weighted by atomic mass is 127. The van der Waals surface area contributed by atoms with Crippen LogP contribution in [0.3, 0.4) is 0 Å². The molecule has 1 aromatic heterocycles. The molecule has 1 saturated heterocycles. The molecule has 0 aliphatic carbocycles. The molecule has 3 rings (SSSR count). The maximum absolute atomic E-state index is 9.78. The Morgan fingerprint density at radius 3 is 2.60 bits per heavy atom. The van der Waals surface area contributed by atoms with Crippen molar-refractivity contribution in [3.8, 4) is 22.6 Å². The van der Waals surface area contributed by atoms with Crippen molar-refractivity contribution in [1.82, 2.24) is 9.78 Å². The zero-order chi connectivity index (χ0) is 14.1. The molecule has 2 N–H and O–H groups in total. The zero-order valence-electron chi connectivity index (χ0n) is 10.8. The average molecular weight is 386 g/mol. The van der Waals surface area contributed by atoms with Gasteiger partial charge in [-0.15, -0.1) is 0 Å². The van der Waals surface area contributed by atoms with Crippen LogP contribution < -0.4 is 0 Å². The van der Waals surface area contributed by atoms with Crippen molar-refractivity contribution in [2.75, 3.05) is 6.61 Å². The number of hydrogen-bond donors (Lipinski definition) is 2. The van der Waals surface area contributed by atoms with E-state index in [-0.39, 0.29) is 17.7 Å². The lowest BCUT2D eigenvalue weighted by Gasteiger charge is -2.22. The Morgan fingerprint density at radius 1 is 1.20 bits per heavy atom. The van der Waals surface area contributed by atoms with Crippen molar-refractivity contribution in [3.05, 3.63) is 28.1 Å². The molecule has 2 heterocycles. The topological polar surface area (TPSA) is 67.5 Å². The van der Waals surface area contributed by atoms with Crippen molar-refractivity contribution in [3.63, 3.8) is 0 Å². The Labute approximate surface area is 130 Å². The van der Waals surface area contributed by atoms with E-state index in [0.717, 1.165) is 37.0 Å². The first-order chi connectivity index (χ1) is 9.65. The third-order valence-corrected chi connectivity index (χ3v) is 4.53. The highest BCUT2D eigenvalue weighted by Crippen LogP contribution is 2.35. The molecule has 0 spiro atoms. The predicted octanol–water partition coefficient (Wildman–Crippen LogP) is 3.27. The van der Waals surface area contributed by atoms with Gasteiger partial charge in [0.25, 0.3) is 0 Å². The molecule has 0 saturated carbocycles. The summed E-state index contributed by atoms with van der Waals surface area (Å²) in [5.74, 6) is 0.143. The van der Waals surface area contributed by atoms with Gasteiger partial charge in [-0.25, -0.2) is 4.68 Å². The van der Waals surface area contributed by atoms with E-state index in [1.54, 1.807) is 23.0 Å². The second-order valence-corrected chi connectivity index (χ2v) is 5.94. The standard InChI is InChI=1S/C14H15IN2O3/c15-14-11(18)5-9(6-12(14)19)10-7-16-17(8-10)13-3-1-2-4-20-13/h5-8,13,18-19H,1-4H2. The highest BCUT2D eigenvalue weighted by molar-refractivity contribution is 14.1. The second kappa shape index (κ2) is 5.61. The molecule has 1 aliphatic rings. The first-order valence-corrected chi connectivity index (χ1v) is 7.60. The summed E-state index contributed by atoms with van der Waals surface area (Å²) in [4.78, 5) is 0. The number of nitrogens with zero attached hydrogens (tertiary/aromatic N) is 2. The summed E-state index contributed by atoms with van der Waals surface area (Å²) < 4.78 is 7.94. The van der Waals surface area contributed by atoms with Crippen molar-refractivity contribution in [1.29, 1.82) is 0 Å². The van der Waals surface area contributed by atoms with Gasteiger partial charge in [-0.2, -0.15) is 5.10 Å². The number of phenols is 2. The summed E-state index contributed by atoms with van der Waals surface area (Å²) in [5.41, 5.74) is 1.59. The van der Waals surface area contributed by atoms with E-state index in [9.17, 15) is 10.2 Å². The van der Waals surface area contributed by atoms with Crippen LogP contribution in [-0.4, -0.2) is 26.6 Å². The Kier molecular flexibility index (Phi) is 3.84. The van der Waals surface area contributed by atoms with Gasteiger partial charge in [0.1, 0.15) is 17.7 Å². The lowest BCUT2D eigenvalue weighted by atomic mass is 10.1. The van der Waals surface area contributed by atoms with Crippen LogP contribution in [0.15, 0.2) is 24.5 Å². The van der Waals surface area contributed by atoms with Gasteiger partial charge in [0.15, 0.2) is 0 Å². The number of aromatic hydroxyl groups is 2. The maximum Gasteiger partial charge on any atom is 0.150 e. The number of aromatic nitrogens is 2. The summed E-state index contributed by atoms with van der Waals surface area (Å²) >= 11 is 1.90. The van der Waals surface area contributed by atoms with Crippen molar-refractivity contribution in [2.45, 2.75) is 25.5 Å². The fourth-order valence-corrected chi connectivity index (χ4v) is 2.65. The Balaban J connectivity index is 1.89. The van der Waals surface area contributed by atoms with Crippen LogP contribution in [0.4, 0.5) is 0 Å². The minimum Gasteiger partial charge on any atom is -0.507 e. The zero-order valence-corrected chi connectivity index (χ0v) is 12.9. The number of hydrogen-bond acceptors (Lipinski definition) is 4.